The summed E-state index contributed by atoms with van der Waals surface area (Å²) in [7, 11) is 0. The fourth-order valence-electron chi connectivity index (χ4n) is 1.73. The van der Waals surface area contributed by atoms with Gasteiger partial charge in [-0.05, 0) is 13.0 Å². The largest absolute Gasteiger partial charge is 0.336 e. The number of aromatic nitrogens is 4. The average Bonchev–Trinajstić information content (AvgIpc) is 3.01. The van der Waals surface area contributed by atoms with Gasteiger partial charge in [0.15, 0.2) is 0 Å². The Hall–Kier alpha value is -2.31. The van der Waals surface area contributed by atoms with Gasteiger partial charge in [-0.15, -0.1) is 0 Å². The third-order valence-corrected chi connectivity index (χ3v) is 2.61. The number of nitrogens with one attached hydrogen (secondary N) is 2. The minimum Gasteiger partial charge on any atom is -0.336 e. The number of hydrogen-bond acceptors (Lipinski definition) is 3. The Morgan fingerprint density at radius 1 is 1.37 bits per heavy atom. The standard InChI is InChI=1S/C12H18N6O/c1-11(9-18-6-2-3-15-18)16-12(19)14-5-8-17-7-4-13-10-17/h2-4,6-7,10-11H,5,8-9H2,1H3,(H2,14,16,19). The zero-order valence-corrected chi connectivity index (χ0v) is 10.9. The van der Waals surface area contributed by atoms with Crippen LogP contribution in [-0.4, -0.2) is 37.9 Å². The van der Waals surface area contributed by atoms with E-state index in [1.165, 1.54) is 0 Å². The fourth-order valence-corrected chi connectivity index (χ4v) is 1.73. The van der Waals surface area contributed by atoms with Gasteiger partial charge in [-0.2, -0.15) is 5.10 Å². The van der Waals surface area contributed by atoms with Crippen LogP contribution in [0, 0.1) is 0 Å². The maximum Gasteiger partial charge on any atom is 0.315 e. The molecule has 0 aliphatic rings. The molecule has 2 amide bonds. The Labute approximate surface area is 111 Å². The van der Waals surface area contributed by atoms with Gasteiger partial charge in [0.2, 0.25) is 0 Å². The highest BCUT2D eigenvalue weighted by Gasteiger charge is 2.07. The summed E-state index contributed by atoms with van der Waals surface area (Å²) in [6.07, 6.45) is 8.89. The van der Waals surface area contributed by atoms with Gasteiger partial charge in [0.25, 0.3) is 0 Å². The number of hydrogen-bond donors (Lipinski definition) is 2. The van der Waals surface area contributed by atoms with Crippen molar-refractivity contribution in [2.75, 3.05) is 6.54 Å². The molecule has 0 aliphatic heterocycles. The second-order valence-corrected chi connectivity index (χ2v) is 4.33. The molecule has 7 heteroatoms. The number of nitrogens with zero attached hydrogens (tertiary/aromatic N) is 4. The molecule has 0 aliphatic carbocycles. The highest BCUT2D eigenvalue weighted by Crippen LogP contribution is 1.90. The highest BCUT2D eigenvalue weighted by atomic mass is 16.2. The molecule has 19 heavy (non-hydrogen) atoms. The molecule has 0 saturated carbocycles. The van der Waals surface area contributed by atoms with Crippen LogP contribution in [-0.2, 0) is 13.1 Å². The predicted molar refractivity (Wildman–Crippen MR) is 70.5 cm³/mol. The van der Waals surface area contributed by atoms with E-state index in [0.717, 1.165) is 0 Å². The Morgan fingerprint density at radius 3 is 2.95 bits per heavy atom. The monoisotopic (exact) mass is 262 g/mol. The van der Waals surface area contributed by atoms with Gasteiger partial charge in [-0.3, -0.25) is 4.68 Å². The van der Waals surface area contributed by atoms with Gasteiger partial charge in [-0.25, -0.2) is 9.78 Å². The molecule has 7 nitrogen and oxygen atoms in total. The second-order valence-electron chi connectivity index (χ2n) is 4.33. The third-order valence-electron chi connectivity index (χ3n) is 2.61. The summed E-state index contributed by atoms with van der Waals surface area (Å²) in [5.74, 6) is 0. The molecule has 1 atom stereocenters. The molecule has 0 saturated heterocycles. The van der Waals surface area contributed by atoms with Gasteiger partial charge in [-0.1, -0.05) is 0 Å². The molecule has 2 heterocycles. The Balaban J connectivity index is 1.63. The van der Waals surface area contributed by atoms with Gasteiger partial charge in [0.1, 0.15) is 0 Å². The molecule has 0 bridgehead atoms. The van der Waals surface area contributed by atoms with Crippen LogP contribution in [0.25, 0.3) is 0 Å². The van der Waals surface area contributed by atoms with Gasteiger partial charge in [0.05, 0.1) is 12.9 Å². The lowest BCUT2D eigenvalue weighted by molar-refractivity contribution is 0.235. The number of carbonyl (C=O) groups is 1. The number of urea groups is 1. The first-order chi connectivity index (χ1) is 9.24. The quantitative estimate of drug-likeness (QED) is 0.794. The zero-order valence-electron chi connectivity index (χ0n) is 10.9. The van der Waals surface area contributed by atoms with Crippen molar-refractivity contribution in [2.45, 2.75) is 26.1 Å². The topological polar surface area (TPSA) is 76.8 Å². The lowest BCUT2D eigenvalue weighted by Crippen LogP contribution is -2.43. The average molecular weight is 262 g/mol. The molecular weight excluding hydrogens is 244 g/mol. The molecule has 0 fully saturated rings. The van der Waals surface area contributed by atoms with E-state index in [4.69, 9.17) is 0 Å². The molecule has 1 unspecified atom stereocenters. The predicted octanol–water partition coefficient (Wildman–Crippen LogP) is 0.467. The number of carbonyl (C=O) groups excluding carboxylic acids is 1. The van der Waals surface area contributed by atoms with Gasteiger partial charge >= 0.3 is 6.03 Å². The lowest BCUT2D eigenvalue weighted by Gasteiger charge is -2.14. The molecule has 0 radical (unpaired) electrons. The van der Waals surface area contributed by atoms with E-state index in [2.05, 4.69) is 20.7 Å². The van der Waals surface area contributed by atoms with Crippen LogP contribution in [0.4, 0.5) is 4.79 Å². The fraction of sp³-hybridized carbons (Fsp3) is 0.417. The summed E-state index contributed by atoms with van der Waals surface area (Å²) >= 11 is 0. The summed E-state index contributed by atoms with van der Waals surface area (Å²) in [5, 5.41) is 9.76. The van der Waals surface area contributed by atoms with Crippen molar-refractivity contribution in [2.24, 2.45) is 0 Å². The van der Waals surface area contributed by atoms with Crippen molar-refractivity contribution in [3.8, 4) is 0 Å². The van der Waals surface area contributed by atoms with Crippen molar-refractivity contribution in [3.05, 3.63) is 37.2 Å². The van der Waals surface area contributed by atoms with Crippen LogP contribution in [0.3, 0.4) is 0 Å². The molecule has 2 aromatic heterocycles. The van der Waals surface area contributed by atoms with E-state index in [1.807, 2.05) is 30.0 Å². The molecule has 102 valence electrons. The number of rotatable bonds is 6. The number of amides is 2. The van der Waals surface area contributed by atoms with Crippen molar-refractivity contribution < 1.29 is 4.79 Å². The van der Waals surface area contributed by atoms with E-state index in [0.29, 0.717) is 19.6 Å². The molecule has 2 rings (SSSR count). The first-order valence-corrected chi connectivity index (χ1v) is 6.21. The van der Waals surface area contributed by atoms with Crippen LogP contribution >= 0.6 is 0 Å². The summed E-state index contributed by atoms with van der Waals surface area (Å²) in [4.78, 5) is 15.6. The van der Waals surface area contributed by atoms with Crippen molar-refractivity contribution in [1.82, 2.24) is 30.0 Å². The zero-order chi connectivity index (χ0) is 13.5. The van der Waals surface area contributed by atoms with E-state index in [-0.39, 0.29) is 12.1 Å². The van der Waals surface area contributed by atoms with Crippen LogP contribution in [0.5, 0.6) is 0 Å². The Kier molecular flexibility index (Phi) is 4.54. The van der Waals surface area contributed by atoms with Crippen LogP contribution in [0.2, 0.25) is 0 Å². The summed E-state index contributed by atoms with van der Waals surface area (Å²) in [6, 6.07) is 1.71. The second kappa shape index (κ2) is 6.58. The van der Waals surface area contributed by atoms with E-state index < -0.39 is 0 Å². The van der Waals surface area contributed by atoms with Crippen molar-refractivity contribution in [1.29, 1.82) is 0 Å². The van der Waals surface area contributed by atoms with Gasteiger partial charge < -0.3 is 15.2 Å². The van der Waals surface area contributed by atoms with Crippen LogP contribution < -0.4 is 10.6 Å². The smallest absolute Gasteiger partial charge is 0.315 e. The molecule has 2 aromatic rings. The molecule has 0 aromatic carbocycles. The van der Waals surface area contributed by atoms with Crippen molar-refractivity contribution in [3.63, 3.8) is 0 Å². The molecular formula is C12H18N6O. The third kappa shape index (κ3) is 4.46. The highest BCUT2D eigenvalue weighted by molar-refractivity contribution is 5.74. The summed E-state index contributed by atoms with van der Waals surface area (Å²) in [6.45, 7) is 3.87. The van der Waals surface area contributed by atoms with Crippen LogP contribution in [0.1, 0.15) is 6.92 Å². The van der Waals surface area contributed by atoms with E-state index in [1.54, 1.807) is 23.4 Å². The van der Waals surface area contributed by atoms with E-state index in [9.17, 15) is 4.79 Å². The van der Waals surface area contributed by atoms with E-state index >= 15 is 0 Å². The summed E-state index contributed by atoms with van der Waals surface area (Å²) in [5.41, 5.74) is 0. The molecule has 2 N–H and O–H groups in total. The van der Waals surface area contributed by atoms with Crippen LogP contribution in [0.15, 0.2) is 37.2 Å². The Morgan fingerprint density at radius 2 is 2.26 bits per heavy atom. The maximum absolute atomic E-state index is 11.6. The maximum atomic E-state index is 11.6. The minimum atomic E-state index is -0.167. The SMILES string of the molecule is CC(Cn1cccn1)NC(=O)NCCn1ccnc1. The first kappa shape index (κ1) is 13.1. The normalized spacial score (nSPS) is 12.1. The first-order valence-electron chi connectivity index (χ1n) is 6.21. The minimum absolute atomic E-state index is 0.0214. The lowest BCUT2D eigenvalue weighted by atomic mass is 10.3. The summed E-state index contributed by atoms with van der Waals surface area (Å²) < 4.78 is 3.70. The van der Waals surface area contributed by atoms with Crippen molar-refractivity contribution >= 4 is 6.03 Å². The van der Waals surface area contributed by atoms with Gasteiger partial charge in [0, 0.05) is 43.9 Å². The Bertz CT molecular complexity index is 478. The number of imidazole rings is 1. The molecule has 0 spiro atoms.